The molecule has 0 atom stereocenters. The molecule has 0 unspecified atom stereocenters. The number of carbonyl (C=O) groups is 1. The first-order valence-corrected chi connectivity index (χ1v) is 4.90. The molecule has 0 aliphatic rings. The third-order valence-electron chi connectivity index (χ3n) is 2.25. The first-order valence-electron chi connectivity index (χ1n) is 4.90. The van der Waals surface area contributed by atoms with Crippen LogP contribution in [0.25, 0.3) is 11.1 Å². The van der Waals surface area contributed by atoms with Gasteiger partial charge >= 0.3 is 0 Å². The Bertz CT molecular complexity index is 500. The molecule has 0 spiro atoms. The van der Waals surface area contributed by atoms with Crippen LogP contribution in [0, 0.1) is 0 Å². The lowest BCUT2D eigenvalue weighted by molar-refractivity contribution is -0.242. The van der Waals surface area contributed by atoms with Gasteiger partial charge in [-0.15, -0.1) is 12.4 Å². The molecule has 4 heteroatoms. The number of para-hydroxylation sites is 1. The molecule has 2 rings (SSSR count). The van der Waals surface area contributed by atoms with E-state index in [4.69, 9.17) is 0 Å². The minimum atomic E-state index is -1.30. The Balaban J connectivity index is 0.00000144. The fourth-order valence-electron chi connectivity index (χ4n) is 1.57. The topological polar surface area (TPSA) is 52.2 Å². The zero-order valence-electron chi connectivity index (χ0n) is 8.92. The Morgan fingerprint density at radius 3 is 2.18 bits per heavy atom. The van der Waals surface area contributed by atoms with Crippen molar-refractivity contribution >= 4 is 24.2 Å². The Labute approximate surface area is 106 Å². The molecule has 3 nitrogen and oxygen atoms in total. The van der Waals surface area contributed by atoms with Crippen LogP contribution in [0.1, 0.15) is 0 Å². The summed E-state index contributed by atoms with van der Waals surface area (Å²) < 4.78 is 0. The van der Waals surface area contributed by atoms with Crippen molar-refractivity contribution in [2.24, 2.45) is 0 Å². The van der Waals surface area contributed by atoms with E-state index in [0.29, 0.717) is 5.69 Å². The molecule has 0 saturated carbocycles. The number of benzene rings is 2. The van der Waals surface area contributed by atoms with E-state index in [1.807, 2.05) is 42.5 Å². The number of nitrogens with one attached hydrogen (secondary N) is 1. The van der Waals surface area contributed by atoms with E-state index in [0.717, 1.165) is 11.1 Å². The number of rotatable bonds is 2. The van der Waals surface area contributed by atoms with Gasteiger partial charge in [0, 0.05) is 11.3 Å². The maximum atomic E-state index is 10.5. The third-order valence-corrected chi connectivity index (χ3v) is 2.25. The van der Waals surface area contributed by atoms with Gasteiger partial charge in [-0.2, -0.15) is 0 Å². The van der Waals surface area contributed by atoms with Gasteiger partial charge in [-0.25, -0.2) is 0 Å². The average Bonchev–Trinajstić information content (AvgIpc) is 2.30. The van der Waals surface area contributed by atoms with Gasteiger partial charge in [0.15, 0.2) is 0 Å². The Kier molecular flexibility index (Phi) is 4.55. The predicted molar refractivity (Wildman–Crippen MR) is 68.1 cm³/mol. The summed E-state index contributed by atoms with van der Waals surface area (Å²) in [6.07, 6.45) is -1.30. The number of hydrogen-bond acceptors (Lipinski definition) is 2. The van der Waals surface area contributed by atoms with Crippen molar-refractivity contribution in [2.45, 2.75) is 0 Å². The molecule has 0 aliphatic heterocycles. The van der Waals surface area contributed by atoms with Crippen molar-refractivity contribution in [3.05, 3.63) is 54.6 Å². The fraction of sp³-hybridized carbons (Fsp3) is 0. The van der Waals surface area contributed by atoms with E-state index >= 15 is 0 Å². The summed E-state index contributed by atoms with van der Waals surface area (Å²) in [4.78, 5) is 10.5. The molecule has 2 aromatic rings. The summed E-state index contributed by atoms with van der Waals surface area (Å²) in [5.41, 5.74) is 2.34. The first-order chi connectivity index (χ1) is 7.77. The highest BCUT2D eigenvalue weighted by molar-refractivity contribution is 5.89. The van der Waals surface area contributed by atoms with Gasteiger partial charge in [0.1, 0.15) is 6.09 Å². The van der Waals surface area contributed by atoms with Crippen LogP contribution in [0.5, 0.6) is 0 Å². The molecule has 1 amide bonds. The summed E-state index contributed by atoms with van der Waals surface area (Å²) in [7, 11) is 0. The minimum absolute atomic E-state index is 0. The second kappa shape index (κ2) is 5.92. The quantitative estimate of drug-likeness (QED) is 0.888. The summed E-state index contributed by atoms with van der Waals surface area (Å²) in [6.45, 7) is 0. The van der Waals surface area contributed by atoms with Gasteiger partial charge < -0.3 is 15.2 Å². The zero-order chi connectivity index (χ0) is 11.4. The summed E-state index contributed by atoms with van der Waals surface area (Å²) in [6, 6.07) is 16.8. The lowest BCUT2D eigenvalue weighted by Crippen LogP contribution is -2.28. The molecule has 0 aliphatic carbocycles. The molecule has 17 heavy (non-hydrogen) atoms. The highest BCUT2D eigenvalue weighted by atomic mass is 35.5. The molecular formula is C13H11ClNO2-. The van der Waals surface area contributed by atoms with Gasteiger partial charge in [0.2, 0.25) is 0 Å². The SMILES string of the molecule is Cl.O=C([O-])Nc1ccccc1-c1ccccc1. The molecule has 0 aromatic heterocycles. The third kappa shape index (κ3) is 3.23. The second-order valence-corrected chi connectivity index (χ2v) is 3.32. The van der Waals surface area contributed by atoms with Crippen molar-refractivity contribution in [1.82, 2.24) is 0 Å². The van der Waals surface area contributed by atoms with E-state index in [-0.39, 0.29) is 12.4 Å². The van der Waals surface area contributed by atoms with E-state index in [1.54, 1.807) is 12.1 Å². The summed E-state index contributed by atoms with van der Waals surface area (Å²) in [5.74, 6) is 0. The van der Waals surface area contributed by atoms with Crippen molar-refractivity contribution < 1.29 is 9.90 Å². The van der Waals surface area contributed by atoms with Crippen LogP contribution in [-0.2, 0) is 0 Å². The average molecular weight is 249 g/mol. The molecule has 1 N–H and O–H groups in total. The first kappa shape index (κ1) is 13.1. The van der Waals surface area contributed by atoms with Crippen LogP contribution in [0.3, 0.4) is 0 Å². The van der Waals surface area contributed by atoms with Crippen molar-refractivity contribution in [3.8, 4) is 11.1 Å². The molecule has 0 fully saturated rings. The molecular weight excluding hydrogens is 238 g/mol. The highest BCUT2D eigenvalue weighted by Gasteiger charge is 2.02. The van der Waals surface area contributed by atoms with Crippen LogP contribution in [0.2, 0.25) is 0 Å². The van der Waals surface area contributed by atoms with Gasteiger partial charge in [-0.05, 0) is 11.6 Å². The number of hydrogen-bond donors (Lipinski definition) is 1. The monoisotopic (exact) mass is 248 g/mol. The van der Waals surface area contributed by atoms with Crippen LogP contribution in [-0.4, -0.2) is 6.09 Å². The molecule has 0 saturated heterocycles. The summed E-state index contributed by atoms with van der Waals surface area (Å²) in [5, 5.41) is 12.8. The Hall–Kier alpha value is -2.00. The Morgan fingerprint density at radius 2 is 1.53 bits per heavy atom. The molecule has 0 bridgehead atoms. The normalized spacial score (nSPS) is 9.18. The van der Waals surface area contributed by atoms with Crippen LogP contribution in [0.15, 0.2) is 54.6 Å². The number of anilines is 1. The van der Waals surface area contributed by atoms with Crippen molar-refractivity contribution in [1.29, 1.82) is 0 Å². The Morgan fingerprint density at radius 1 is 0.941 bits per heavy atom. The minimum Gasteiger partial charge on any atom is -0.530 e. The molecule has 88 valence electrons. The fourth-order valence-corrected chi connectivity index (χ4v) is 1.57. The highest BCUT2D eigenvalue weighted by Crippen LogP contribution is 2.27. The lowest BCUT2D eigenvalue weighted by Gasteiger charge is -2.12. The number of carbonyl (C=O) groups excluding carboxylic acids is 1. The van der Waals surface area contributed by atoms with E-state index in [2.05, 4.69) is 5.32 Å². The van der Waals surface area contributed by atoms with Crippen LogP contribution < -0.4 is 10.4 Å². The van der Waals surface area contributed by atoms with Gasteiger partial charge in [0.05, 0.1) is 0 Å². The van der Waals surface area contributed by atoms with E-state index < -0.39 is 6.09 Å². The van der Waals surface area contributed by atoms with Crippen molar-refractivity contribution in [2.75, 3.05) is 5.32 Å². The predicted octanol–water partition coefficient (Wildman–Crippen LogP) is 2.53. The molecule has 0 heterocycles. The maximum Gasteiger partial charge on any atom is 0.138 e. The zero-order valence-corrected chi connectivity index (χ0v) is 9.74. The smallest absolute Gasteiger partial charge is 0.138 e. The van der Waals surface area contributed by atoms with Gasteiger partial charge in [-0.3, -0.25) is 0 Å². The van der Waals surface area contributed by atoms with E-state index in [9.17, 15) is 9.90 Å². The van der Waals surface area contributed by atoms with Crippen LogP contribution >= 0.6 is 12.4 Å². The largest absolute Gasteiger partial charge is 0.530 e. The van der Waals surface area contributed by atoms with Crippen molar-refractivity contribution in [3.63, 3.8) is 0 Å². The van der Waals surface area contributed by atoms with Crippen LogP contribution in [0.4, 0.5) is 10.5 Å². The number of halogens is 1. The van der Waals surface area contributed by atoms with Gasteiger partial charge in [0.25, 0.3) is 0 Å². The van der Waals surface area contributed by atoms with Gasteiger partial charge in [-0.1, -0.05) is 48.5 Å². The molecule has 2 aromatic carbocycles. The second-order valence-electron chi connectivity index (χ2n) is 3.32. The number of amides is 1. The molecule has 0 radical (unpaired) electrons. The maximum absolute atomic E-state index is 10.5. The number of carboxylic acid groups (broad SMARTS) is 1. The van der Waals surface area contributed by atoms with E-state index in [1.165, 1.54) is 0 Å². The standard InChI is InChI=1S/C13H11NO2.ClH/c15-13(16)14-12-9-5-4-8-11(12)10-6-2-1-3-7-10;/h1-9,14H,(H,15,16);1H/p-1. The summed E-state index contributed by atoms with van der Waals surface area (Å²) >= 11 is 0. The lowest BCUT2D eigenvalue weighted by atomic mass is 10.0.